The van der Waals surface area contributed by atoms with Gasteiger partial charge >= 0.3 is 12.1 Å². The minimum absolute atomic E-state index is 0.0166. The summed E-state index contributed by atoms with van der Waals surface area (Å²) >= 11 is 0. The van der Waals surface area contributed by atoms with Crippen molar-refractivity contribution in [2.24, 2.45) is 11.3 Å². The molecule has 0 aromatic heterocycles. The minimum atomic E-state index is -4.46. The summed E-state index contributed by atoms with van der Waals surface area (Å²) in [4.78, 5) is 25.3. The molecule has 0 radical (unpaired) electrons. The molecule has 0 heterocycles. The van der Waals surface area contributed by atoms with Crippen LogP contribution in [-0.4, -0.2) is 17.0 Å². The zero-order chi connectivity index (χ0) is 25.8. The number of aryl methyl sites for hydroxylation is 1. The Labute approximate surface area is 203 Å². The number of carboxylic acids is 1. The highest BCUT2D eigenvalue weighted by Crippen LogP contribution is 2.58. The second-order valence-electron chi connectivity index (χ2n) is 10.9. The number of carbonyl (C=O) groups is 2. The first-order valence-corrected chi connectivity index (χ1v) is 12.2. The van der Waals surface area contributed by atoms with Gasteiger partial charge in [-0.05, 0) is 96.9 Å². The normalized spacial score (nSPS) is 26.1. The molecule has 2 aliphatic rings. The van der Waals surface area contributed by atoms with Gasteiger partial charge in [0.1, 0.15) is 0 Å². The fourth-order valence-corrected chi connectivity index (χ4v) is 6.38. The summed E-state index contributed by atoms with van der Waals surface area (Å²) in [7, 11) is 0. The van der Waals surface area contributed by atoms with Crippen LogP contribution >= 0.6 is 0 Å². The van der Waals surface area contributed by atoms with Crippen LogP contribution in [0.3, 0.4) is 0 Å². The van der Waals surface area contributed by atoms with E-state index in [2.05, 4.69) is 18.3 Å². The van der Waals surface area contributed by atoms with E-state index in [-0.39, 0.29) is 22.8 Å². The number of hydrogen-bond acceptors (Lipinski definition) is 2. The molecule has 2 aromatic rings. The molecule has 2 N–H and O–H groups in total. The summed E-state index contributed by atoms with van der Waals surface area (Å²) in [5, 5.41) is 13.0. The van der Waals surface area contributed by atoms with Crippen molar-refractivity contribution in [3.63, 3.8) is 0 Å². The lowest BCUT2D eigenvalue weighted by Gasteiger charge is -2.53. The highest BCUT2D eigenvalue weighted by Gasteiger charge is 2.55. The number of carbonyl (C=O) groups excluding carboxylic acids is 1. The number of hydrogen-bond donors (Lipinski definition) is 2. The molecule has 2 aromatic carbocycles. The van der Waals surface area contributed by atoms with E-state index in [0.717, 1.165) is 48.9 Å². The van der Waals surface area contributed by atoms with Crippen LogP contribution in [0.5, 0.6) is 0 Å². The third-order valence-corrected chi connectivity index (χ3v) is 8.36. The average molecular weight is 488 g/mol. The summed E-state index contributed by atoms with van der Waals surface area (Å²) in [6, 6.07) is 8.30. The van der Waals surface area contributed by atoms with Crippen LogP contribution < -0.4 is 5.32 Å². The predicted octanol–water partition coefficient (Wildman–Crippen LogP) is 7.18. The van der Waals surface area contributed by atoms with Gasteiger partial charge in [-0.3, -0.25) is 9.59 Å². The summed E-state index contributed by atoms with van der Waals surface area (Å²) < 4.78 is 38.7. The fourth-order valence-electron chi connectivity index (χ4n) is 6.38. The number of aliphatic carboxylic acids is 1. The Bertz CT molecular complexity index is 1160. The van der Waals surface area contributed by atoms with Gasteiger partial charge in [0, 0.05) is 11.3 Å². The van der Waals surface area contributed by atoms with Crippen LogP contribution in [0.1, 0.15) is 91.9 Å². The Morgan fingerprint density at radius 2 is 1.74 bits per heavy atom. The van der Waals surface area contributed by atoms with Crippen molar-refractivity contribution in [1.82, 2.24) is 0 Å². The van der Waals surface area contributed by atoms with E-state index in [1.807, 2.05) is 26.8 Å². The van der Waals surface area contributed by atoms with Crippen molar-refractivity contribution in [2.75, 3.05) is 5.32 Å². The number of carboxylic acid groups (broad SMARTS) is 1. The molecule has 35 heavy (non-hydrogen) atoms. The van der Waals surface area contributed by atoms with Gasteiger partial charge in [0.25, 0.3) is 5.91 Å². The first-order valence-electron chi connectivity index (χ1n) is 12.2. The van der Waals surface area contributed by atoms with Gasteiger partial charge in [-0.2, -0.15) is 13.2 Å². The highest BCUT2D eigenvalue weighted by atomic mass is 19.4. The lowest BCUT2D eigenvalue weighted by molar-refractivity contribution is -0.157. The topological polar surface area (TPSA) is 66.4 Å². The Kier molecular flexibility index (Phi) is 6.27. The van der Waals surface area contributed by atoms with Gasteiger partial charge in [0.15, 0.2) is 0 Å². The van der Waals surface area contributed by atoms with Crippen LogP contribution in [-0.2, 0) is 22.8 Å². The second-order valence-corrected chi connectivity index (χ2v) is 10.9. The summed E-state index contributed by atoms with van der Waals surface area (Å²) in [6.07, 6.45) is -0.532. The maximum atomic E-state index is 13.0. The standard InChI is InChI=1S/C28H32F3NO3/c1-16(2)20-14-18-8-11-23-26(3,12-5-13-27(23,4)25(34)35)21(18)15-22(20)32-24(33)17-6-9-19(10-7-17)28(29,30)31/h6-7,9-10,14-16,23H,5,8,11-13H2,1-4H3,(H,32,33)(H,34,35)/t23-,26-,27-/m1/s1. The molecule has 188 valence electrons. The lowest BCUT2D eigenvalue weighted by atomic mass is 9.49. The third kappa shape index (κ3) is 4.34. The smallest absolute Gasteiger partial charge is 0.416 e. The second kappa shape index (κ2) is 8.68. The number of fused-ring (bicyclic) bond motifs is 3. The van der Waals surface area contributed by atoms with Crippen molar-refractivity contribution in [3.05, 3.63) is 64.2 Å². The van der Waals surface area contributed by atoms with E-state index in [4.69, 9.17) is 0 Å². The Morgan fingerprint density at radius 3 is 2.31 bits per heavy atom. The summed E-state index contributed by atoms with van der Waals surface area (Å²) in [5.41, 5.74) is 2.07. The van der Waals surface area contributed by atoms with E-state index >= 15 is 0 Å². The first-order chi connectivity index (χ1) is 16.3. The van der Waals surface area contributed by atoms with Gasteiger partial charge in [-0.15, -0.1) is 0 Å². The number of amides is 1. The Balaban J connectivity index is 1.72. The van der Waals surface area contributed by atoms with Gasteiger partial charge in [-0.1, -0.05) is 33.3 Å². The number of rotatable bonds is 4. The molecule has 0 unspecified atom stereocenters. The zero-order valence-electron chi connectivity index (χ0n) is 20.6. The predicted molar refractivity (Wildman–Crippen MR) is 129 cm³/mol. The highest BCUT2D eigenvalue weighted by molar-refractivity contribution is 6.04. The maximum absolute atomic E-state index is 13.0. The molecular formula is C28H32F3NO3. The average Bonchev–Trinajstić information content (AvgIpc) is 2.78. The molecule has 1 fully saturated rings. The van der Waals surface area contributed by atoms with Crippen LogP contribution in [0, 0.1) is 11.3 Å². The number of alkyl halides is 3. The molecule has 7 heteroatoms. The first kappa shape index (κ1) is 25.3. The SMILES string of the molecule is CC(C)c1cc2c(cc1NC(=O)c1ccc(C(F)(F)F)cc1)[C@@]1(C)CCC[C@@](C)(C(=O)O)[C@@H]1CC2. The molecule has 1 amide bonds. The number of benzene rings is 2. The van der Waals surface area contributed by atoms with E-state index in [1.165, 1.54) is 17.7 Å². The molecule has 0 saturated heterocycles. The van der Waals surface area contributed by atoms with Crippen LogP contribution in [0.15, 0.2) is 36.4 Å². The monoisotopic (exact) mass is 487 g/mol. The van der Waals surface area contributed by atoms with Crippen molar-refractivity contribution in [2.45, 2.75) is 77.3 Å². The van der Waals surface area contributed by atoms with Crippen molar-refractivity contribution in [3.8, 4) is 0 Å². The minimum Gasteiger partial charge on any atom is -0.481 e. The molecule has 3 atom stereocenters. The number of anilines is 1. The van der Waals surface area contributed by atoms with E-state index in [9.17, 15) is 27.9 Å². The molecule has 0 aliphatic heterocycles. The summed E-state index contributed by atoms with van der Waals surface area (Å²) in [6.45, 7) is 8.07. The molecule has 0 spiro atoms. The van der Waals surface area contributed by atoms with Crippen molar-refractivity contribution in [1.29, 1.82) is 0 Å². The molecule has 4 nitrogen and oxygen atoms in total. The van der Waals surface area contributed by atoms with E-state index in [0.29, 0.717) is 12.1 Å². The van der Waals surface area contributed by atoms with E-state index < -0.39 is 29.0 Å². The molecule has 4 rings (SSSR count). The Morgan fingerprint density at radius 1 is 1.09 bits per heavy atom. The van der Waals surface area contributed by atoms with E-state index in [1.54, 1.807) is 0 Å². The maximum Gasteiger partial charge on any atom is 0.416 e. The number of halogens is 3. The van der Waals surface area contributed by atoms with Crippen LogP contribution in [0.25, 0.3) is 0 Å². The largest absolute Gasteiger partial charge is 0.481 e. The molecular weight excluding hydrogens is 455 g/mol. The zero-order valence-corrected chi connectivity index (χ0v) is 20.6. The molecule has 2 aliphatic carbocycles. The Hall–Kier alpha value is -2.83. The van der Waals surface area contributed by atoms with Crippen LogP contribution in [0.2, 0.25) is 0 Å². The van der Waals surface area contributed by atoms with Gasteiger partial charge < -0.3 is 10.4 Å². The van der Waals surface area contributed by atoms with Crippen molar-refractivity contribution < 1.29 is 27.9 Å². The lowest BCUT2D eigenvalue weighted by Crippen LogP contribution is -2.52. The van der Waals surface area contributed by atoms with Gasteiger partial charge in [0.05, 0.1) is 11.0 Å². The molecule has 1 saturated carbocycles. The quantitative estimate of drug-likeness (QED) is 0.480. The fraction of sp³-hybridized carbons (Fsp3) is 0.500. The summed E-state index contributed by atoms with van der Waals surface area (Å²) in [5.74, 6) is -1.13. The molecule has 0 bridgehead atoms. The third-order valence-electron chi connectivity index (χ3n) is 8.36. The number of nitrogens with one attached hydrogen (secondary N) is 1. The van der Waals surface area contributed by atoms with Gasteiger partial charge in [0.2, 0.25) is 0 Å². The van der Waals surface area contributed by atoms with Gasteiger partial charge in [-0.25, -0.2) is 0 Å². The van der Waals surface area contributed by atoms with Crippen LogP contribution in [0.4, 0.5) is 18.9 Å². The van der Waals surface area contributed by atoms with Crippen molar-refractivity contribution >= 4 is 17.6 Å².